The summed E-state index contributed by atoms with van der Waals surface area (Å²) in [6.07, 6.45) is -2.71. The summed E-state index contributed by atoms with van der Waals surface area (Å²) in [5.41, 5.74) is 2.07. The van der Waals surface area contributed by atoms with E-state index in [2.05, 4.69) is 10.0 Å². The fourth-order valence-corrected chi connectivity index (χ4v) is 2.76. The molecular weight excluding hydrogens is 295 g/mol. The molecule has 112 valence electrons. The van der Waals surface area contributed by atoms with E-state index in [-0.39, 0.29) is 5.69 Å². The van der Waals surface area contributed by atoms with Crippen LogP contribution in [0.1, 0.15) is 12.0 Å². The standard InChI is InChI=1S/C11H14F3N3O2S/c12-11(13,14)7-16-20(18,19)17-9-4-3-8-2-1-5-15-10(8)6-9/h3-4,6,15-17H,1-2,5,7H2. The molecule has 0 amide bonds. The van der Waals surface area contributed by atoms with Crippen molar-refractivity contribution in [1.29, 1.82) is 0 Å². The summed E-state index contributed by atoms with van der Waals surface area (Å²) in [5.74, 6) is 0. The average molecular weight is 309 g/mol. The number of hydrogen-bond acceptors (Lipinski definition) is 3. The van der Waals surface area contributed by atoms with Crippen molar-refractivity contribution >= 4 is 21.6 Å². The van der Waals surface area contributed by atoms with Gasteiger partial charge in [0.15, 0.2) is 0 Å². The van der Waals surface area contributed by atoms with Crippen LogP contribution in [-0.4, -0.2) is 27.7 Å². The molecule has 0 radical (unpaired) electrons. The molecule has 1 aromatic rings. The Morgan fingerprint density at radius 3 is 2.75 bits per heavy atom. The van der Waals surface area contributed by atoms with Gasteiger partial charge in [0, 0.05) is 12.2 Å². The first kappa shape index (κ1) is 14.9. The third-order valence-electron chi connectivity index (χ3n) is 2.76. The lowest BCUT2D eigenvalue weighted by Crippen LogP contribution is -2.37. The van der Waals surface area contributed by atoms with Gasteiger partial charge in [-0.25, -0.2) is 0 Å². The van der Waals surface area contributed by atoms with Gasteiger partial charge in [0.2, 0.25) is 0 Å². The summed E-state index contributed by atoms with van der Waals surface area (Å²) in [6, 6.07) is 4.85. The second kappa shape index (κ2) is 5.49. The molecule has 0 aliphatic carbocycles. The Balaban J connectivity index is 2.05. The lowest BCUT2D eigenvalue weighted by atomic mass is 10.0. The maximum atomic E-state index is 12.0. The predicted molar refractivity (Wildman–Crippen MR) is 69.9 cm³/mol. The highest BCUT2D eigenvalue weighted by Crippen LogP contribution is 2.25. The molecule has 0 saturated heterocycles. The third-order valence-corrected chi connectivity index (χ3v) is 3.79. The molecule has 5 nitrogen and oxygen atoms in total. The first-order chi connectivity index (χ1) is 9.25. The first-order valence-electron chi connectivity index (χ1n) is 5.96. The van der Waals surface area contributed by atoms with Gasteiger partial charge in [-0.05, 0) is 30.5 Å². The van der Waals surface area contributed by atoms with Gasteiger partial charge in [-0.1, -0.05) is 6.07 Å². The smallest absolute Gasteiger partial charge is 0.385 e. The van der Waals surface area contributed by atoms with Crippen LogP contribution in [0.5, 0.6) is 0 Å². The van der Waals surface area contributed by atoms with Crippen LogP contribution in [0.15, 0.2) is 18.2 Å². The Bertz CT molecular complexity index is 587. The number of nitrogens with one attached hydrogen (secondary N) is 3. The van der Waals surface area contributed by atoms with Crippen molar-refractivity contribution in [1.82, 2.24) is 4.72 Å². The average Bonchev–Trinajstić information content (AvgIpc) is 2.35. The highest BCUT2D eigenvalue weighted by Gasteiger charge is 2.29. The largest absolute Gasteiger partial charge is 0.402 e. The van der Waals surface area contributed by atoms with Gasteiger partial charge in [-0.3, -0.25) is 4.72 Å². The number of fused-ring (bicyclic) bond motifs is 1. The molecule has 1 heterocycles. The van der Waals surface area contributed by atoms with E-state index in [0.717, 1.165) is 30.6 Å². The van der Waals surface area contributed by atoms with Crippen LogP contribution in [0, 0.1) is 0 Å². The van der Waals surface area contributed by atoms with Gasteiger partial charge in [-0.2, -0.15) is 26.3 Å². The second-order valence-electron chi connectivity index (χ2n) is 4.44. The Hall–Kier alpha value is -1.48. The quantitative estimate of drug-likeness (QED) is 0.795. The molecule has 1 aromatic carbocycles. The summed E-state index contributed by atoms with van der Waals surface area (Å²) >= 11 is 0. The van der Waals surface area contributed by atoms with Gasteiger partial charge in [0.1, 0.15) is 6.54 Å². The molecule has 0 spiro atoms. The van der Waals surface area contributed by atoms with Crippen LogP contribution in [-0.2, 0) is 16.6 Å². The van der Waals surface area contributed by atoms with Gasteiger partial charge < -0.3 is 5.32 Å². The van der Waals surface area contributed by atoms with E-state index in [1.165, 1.54) is 10.8 Å². The SMILES string of the molecule is O=S(=O)(NCC(F)(F)F)Nc1ccc2c(c1)NCCC2. The maximum Gasteiger partial charge on any atom is 0.402 e. The lowest BCUT2D eigenvalue weighted by Gasteiger charge is -2.19. The Morgan fingerprint density at radius 1 is 1.30 bits per heavy atom. The molecule has 0 bridgehead atoms. The predicted octanol–water partition coefficient (Wildman–Crippen LogP) is 1.85. The topological polar surface area (TPSA) is 70.2 Å². The minimum Gasteiger partial charge on any atom is -0.385 e. The maximum absolute atomic E-state index is 12.0. The fraction of sp³-hybridized carbons (Fsp3) is 0.455. The van der Waals surface area contributed by atoms with Gasteiger partial charge >= 0.3 is 6.18 Å². The van der Waals surface area contributed by atoms with Crippen LogP contribution in [0.4, 0.5) is 24.5 Å². The van der Waals surface area contributed by atoms with E-state index < -0.39 is 22.9 Å². The normalized spacial score (nSPS) is 15.3. The number of benzene rings is 1. The minimum atomic E-state index is -4.59. The van der Waals surface area contributed by atoms with Gasteiger partial charge in [0.05, 0.1) is 5.69 Å². The highest BCUT2D eigenvalue weighted by molar-refractivity contribution is 7.90. The fourth-order valence-electron chi connectivity index (χ4n) is 1.89. The molecule has 3 N–H and O–H groups in total. The van der Waals surface area contributed by atoms with Gasteiger partial charge in [-0.15, -0.1) is 0 Å². The van der Waals surface area contributed by atoms with Crippen LogP contribution in [0.25, 0.3) is 0 Å². The Morgan fingerprint density at radius 2 is 2.05 bits per heavy atom. The van der Waals surface area contributed by atoms with Crippen molar-refractivity contribution in [2.75, 3.05) is 23.1 Å². The van der Waals surface area contributed by atoms with E-state index in [1.807, 2.05) is 0 Å². The molecule has 0 atom stereocenters. The summed E-state index contributed by atoms with van der Waals surface area (Å²) in [4.78, 5) is 0. The van der Waals surface area contributed by atoms with Gasteiger partial charge in [0.25, 0.3) is 10.2 Å². The molecule has 0 fully saturated rings. The van der Waals surface area contributed by atoms with E-state index >= 15 is 0 Å². The van der Waals surface area contributed by atoms with E-state index in [9.17, 15) is 21.6 Å². The number of hydrogen-bond donors (Lipinski definition) is 3. The first-order valence-corrected chi connectivity index (χ1v) is 7.44. The van der Waals surface area contributed by atoms with Crippen molar-refractivity contribution in [2.45, 2.75) is 19.0 Å². The zero-order valence-electron chi connectivity index (χ0n) is 10.4. The van der Waals surface area contributed by atoms with Crippen molar-refractivity contribution in [2.24, 2.45) is 0 Å². The molecule has 1 aliphatic heterocycles. The number of alkyl halides is 3. The number of halogens is 3. The van der Waals surface area contributed by atoms with Crippen molar-refractivity contribution in [3.8, 4) is 0 Å². The molecular formula is C11H14F3N3O2S. The van der Waals surface area contributed by atoms with E-state index in [4.69, 9.17) is 0 Å². The summed E-state index contributed by atoms with van der Waals surface area (Å²) in [5, 5.41) is 3.11. The van der Waals surface area contributed by atoms with E-state index in [1.54, 1.807) is 12.1 Å². The number of rotatable bonds is 4. The molecule has 0 unspecified atom stereocenters. The molecule has 0 aromatic heterocycles. The van der Waals surface area contributed by atoms with Crippen molar-refractivity contribution in [3.63, 3.8) is 0 Å². The second-order valence-corrected chi connectivity index (χ2v) is 5.94. The molecule has 9 heteroatoms. The Kier molecular flexibility index (Phi) is 4.09. The molecule has 1 aliphatic rings. The highest BCUT2D eigenvalue weighted by atomic mass is 32.2. The van der Waals surface area contributed by atoms with Crippen LogP contribution in [0.3, 0.4) is 0 Å². The van der Waals surface area contributed by atoms with E-state index in [0.29, 0.717) is 0 Å². The van der Waals surface area contributed by atoms with Crippen molar-refractivity contribution < 1.29 is 21.6 Å². The number of aryl methyl sites for hydroxylation is 1. The molecule has 20 heavy (non-hydrogen) atoms. The van der Waals surface area contributed by atoms with Crippen LogP contribution in [0.2, 0.25) is 0 Å². The zero-order chi connectivity index (χ0) is 14.8. The van der Waals surface area contributed by atoms with Crippen LogP contribution < -0.4 is 14.8 Å². The summed E-state index contributed by atoms with van der Waals surface area (Å²) in [6.45, 7) is -0.818. The zero-order valence-corrected chi connectivity index (χ0v) is 11.2. The number of anilines is 2. The molecule has 0 saturated carbocycles. The van der Waals surface area contributed by atoms with Crippen molar-refractivity contribution in [3.05, 3.63) is 23.8 Å². The third kappa shape index (κ3) is 4.27. The molecule has 2 rings (SSSR count). The minimum absolute atomic E-state index is 0.216. The van der Waals surface area contributed by atoms with Crippen LogP contribution >= 0.6 is 0 Å². The summed E-state index contributed by atoms with van der Waals surface area (Å²) in [7, 11) is -4.24. The Labute approximate surface area is 114 Å². The summed E-state index contributed by atoms with van der Waals surface area (Å²) < 4.78 is 62.4. The lowest BCUT2D eigenvalue weighted by molar-refractivity contribution is -0.121. The monoisotopic (exact) mass is 309 g/mol.